The Labute approximate surface area is 191 Å². The van der Waals surface area contributed by atoms with Gasteiger partial charge in [-0.25, -0.2) is 9.97 Å². The summed E-state index contributed by atoms with van der Waals surface area (Å²) in [6, 6.07) is 2.09. The Morgan fingerprint density at radius 1 is 1.03 bits per heavy atom. The summed E-state index contributed by atoms with van der Waals surface area (Å²) >= 11 is 1.31. The van der Waals surface area contributed by atoms with Gasteiger partial charge in [0.2, 0.25) is 5.82 Å². The summed E-state index contributed by atoms with van der Waals surface area (Å²) in [6.07, 6.45) is -2.72. The Hall–Kier alpha value is -1.88. The molecule has 11 heteroatoms. The molecule has 3 heterocycles. The number of piperazine rings is 1. The third-order valence-electron chi connectivity index (χ3n) is 5.43. The monoisotopic (exact) mass is 471 g/mol. The molecule has 178 valence electrons. The van der Waals surface area contributed by atoms with Gasteiger partial charge in [-0.05, 0) is 19.4 Å². The molecule has 0 radical (unpaired) electrons. The lowest BCUT2D eigenvalue weighted by Crippen LogP contribution is -2.47. The zero-order chi connectivity index (χ0) is 23.5. The Bertz CT molecular complexity index is 900. The molecule has 32 heavy (non-hydrogen) atoms. The molecule has 2 aromatic rings. The minimum absolute atomic E-state index is 0.0942. The summed E-state index contributed by atoms with van der Waals surface area (Å²) < 4.78 is 39.5. The third-order valence-corrected chi connectivity index (χ3v) is 6.54. The number of hydrogen-bond acceptors (Lipinski definition) is 7. The van der Waals surface area contributed by atoms with Crippen LogP contribution < -0.4 is 4.90 Å². The molecule has 1 saturated heterocycles. The van der Waals surface area contributed by atoms with E-state index in [0.29, 0.717) is 10.9 Å². The molecule has 0 unspecified atom stereocenters. The predicted molar refractivity (Wildman–Crippen MR) is 120 cm³/mol. The van der Waals surface area contributed by atoms with Gasteiger partial charge >= 0.3 is 6.18 Å². The fourth-order valence-corrected chi connectivity index (χ4v) is 4.34. The van der Waals surface area contributed by atoms with E-state index in [1.807, 2.05) is 0 Å². The van der Waals surface area contributed by atoms with Crippen molar-refractivity contribution in [1.82, 2.24) is 29.6 Å². The van der Waals surface area contributed by atoms with Crippen LogP contribution in [-0.2, 0) is 25.1 Å². The minimum atomic E-state index is -4.48. The van der Waals surface area contributed by atoms with Crippen LogP contribution in [-0.4, -0.2) is 68.1 Å². The van der Waals surface area contributed by atoms with Crippen molar-refractivity contribution < 1.29 is 13.2 Å². The van der Waals surface area contributed by atoms with Gasteiger partial charge in [-0.2, -0.15) is 13.2 Å². The molecule has 1 aliphatic rings. The van der Waals surface area contributed by atoms with Gasteiger partial charge in [-0.3, -0.25) is 4.90 Å². The van der Waals surface area contributed by atoms with Crippen molar-refractivity contribution >= 4 is 17.6 Å². The van der Waals surface area contributed by atoms with E-state index in [0.717, 1.165) is 67.5 Å². The van der Waals surface area contributed by atoms with E-state index in [1.54, 1.807) is 0 Å². The molecule has 3 rings (SSSR count). The number of nitrogens with zero attached hydrogens (tertiary/aromatic N) is 7. The zero-order valence-electron chi connectivity index (χ0n) is 19.4. The summed E-state index contributed by atoms with van der Waals surface area (Å²) in [4.78, 5) is 14.2. The van der Waals surface area contributed by atoms with Crippen LogP contribution >= 0.6 is 11.8 Å². The van der Waals surface area contributed by atoms with E-state index < -0.39 is 12.0 Å². The summed E-state index contributed by atoms with van der Waals surface area (Å²) in [5.41, 5.74) is 0.972. The molecule has 7 nitrogen and oxygen atoms in total. The number of hydrogen-bond donors (Lipinski definition) is 0. The fourth-order valence-electron chi connectivity index (χ4n) is 3.50. The van der Waals surface area contributed by atoms with Crippen molar-refractivity contribution in [3.8, 4) is 0 Å². The Morgan fingerprint density at radius 2 is 1.72 bits per heavy atom. The highest BCUT2D eigenvalue weighted by atomic mass is 32.2. The lowest BCUT2D eigenvalue weighted by atomic mass is 9.95. The van der Waals surface area contributed by atoms with Crippen molar-refractivity contribution in [3.63, 3.8) is 0 Å². The molecule has 0 N–H and O–H groups in total. The van der Waals surface area contributed by atoms with Crippen LogP contribution in [0.2, 0.25) is 0 Å². The standard InChI is InChI=1S/C21H32F3N7S/c1-6-15-14-16(26-17(25-15)20(2,3)4)31-11-9-30(10-12-31)8-7-13-32-19-28-27-18(29(19)5)21(22,23)24/h14H,6-13H2,1-5H3. The maximum Gasteiger partial charge on any atom is 0.451 e. The van der Waals surface area contributed by atoms with Gasteiger partial charge < -0.3 is 9.47 Å². The first-order valence-electron chi connectivity index (χ1n) is 10.9. The van der Waals surface area contributed by atoms with Crippen molar-refractivity contribution in [2.75, 3.05) is 43.4 Å². The predicted octanol–water partition coefficient (Wildman–Crippen LogP) is 3.79. The second kappa shape index (κ2) is 9.94. The molecule has 0 bridgehead atoms. The molecule has 0 atom stereocenters. The maximum absolute atomic E-state index is 12.8. The Morgan fingerprint density at radius 3 is 2.28 bits per heavy atom. The van der Waals surface area contributed by atoms with Crippen molar-refractivity contribution in [1.29, 1.82) is 0 Å². The largest absolute Gasteiger partial charge is 0.451 e. The quantitative estimate of drug-likeness (QED) is 0.450. The number of thioether (sulfide) groups is 1. The smallest absolute Gasteiger partial charge is 0.354 e. The molecule has 1 fully saturated rings. The molecule has 0 spiro atoms. The second-order valence-corrected chi connectivity index (χ2v) is 10.1. The van der Waals surface area contributed by atoms with Crippen LogP contribution in [0.25, 0.3) is 0 Å². The van der Waals surface area contributed by atoms with Gasteiger partial charge in [0.25, 0.3) is 0 Å². The van der Waals surface area contributed by atoms with E-state index in [9.17, 15) is 13.2 Å². The average Bonchev–Trinajstić information content (AvgIpc) is 3.11. The van der Waals surface area contributed by atoms with Crippen LogP contribution in [0.3, 0.4) is 0 Å². The van der Waals surface area contributed by atoms with Gasteiger partial charge in [-0.15, -0.1) is 10.2 Å². The van der Waals surface area contributed by atoms with Crippen LogP contribution in [0, 0.1) is 0 Å². The molecule has 0 amide bonds. The van der Waals surface area contributed by atoms with Crippen molar-refractivity contribution in [3.05, 3.63) is 23.4 Å². The van der Waals surface area contributed by atoms with Crippen LogP contribution in [0.15, 0.2) is 11.2 Å². The normalized spacial score (nSPS) is 16.1. The third kappa shape index (κ3) is 6.12. The van der Waals surface area contributed by atoms with E-state index >= 15 is 0 Å². The van der Waals surface area contributed by atoms with Crippen molar-refractivity contribution in [2.45, 2.75) is 57.3 Å². The van der Waals surface area contributed by atoms with Crippen LogP contribution in [0.1, 0.15) is 51.5 Å². The Balaban J connectivity index is 1.47. The minimum Gasteiger partial charge on any atom is -0.354 e. The van der Waals surface area contributed by atoms with E-state index in [2.05, 4.69) is 53.8 Å². The number of aryl methyl sites for hydroxylation is 1. The first-order chi connectivity index (χ1) is 15.0. The van der Waals surface area contributed by atoms with Gasteiger partial charge in [0.1, 0.15) is 11.6 Å². The highest BCUT2D eigenvalue weighted by molar-refractivity contribution is 7.99. The molecular weight excluding hydrogens is 439 g/mol. The average molecular weight is 472 g/mol. The zero-order valence-corrected chi connectivity index (χ0v) is 20.2. The molecule has 1 aliphatic heterocycles. The SMILES string of the molecule is CCc1cc(N2CCN(CCCSc3nnc(C(F)(F)F)n3C)CC2)nc(C(C)(C)C)n1. The summed E-state index contributed by atoms with van der Waals surface area (Å²) in [5.74, 6) is 1.62. The molecule has 0 aromatic carbocycles. The van der Waals surface area contributed by atoms with E-state index in [4.69, 9.17) is 9.97 Å². The number of halogens is 3. The fraction of sp³-hybridized carbons (Fsp3) is 0.714. The van der Waals surface area contributed by atoms with E-state index in [-0.39, 0.29) is 5.41 Å². The number of alkyl halides is 3. The lowest BCUT2D eigenvalue weighted by molar-refractivity contribution is -0.147. The second-order valence-electron chi connectivity index (χ2n) is 9.04. The van der Waals surface area contributed by atoms with Gasteiger partial charge in [-0.1, -0.05) is 39.5 Å². The lowest BCUT2D eigenvalue weighted by Gasteiger charge is -2.36. The first-order valence-corrected chi connectivity index (χ1v) is 11.9. The topological polar surface area (TPSA) is 63.0 Å². The maximum atomic E-state index is 12.8. The highest BCUT2D eigenvalue weighted by Crippen LogP contribution is 2.29. The van der Waals surface area contributed by atoms with Crippen LogP contribution in [0.5, 0.6) is 0 Å². The number of rotatable bonds is 7. The molecule has 0 aliphatic carbocycles. The van der Waals surface area contributed by atoms with Gasteiger partial charge in [0, 0.05) is 56.2 Å². The summed E-state index contributed by atoms with van der Waals surface area (Å²) in [6.45, 7) is 13.1. The highest BCUT2D eigenvalue weighted by Gasteiger charge is 2.37. The number of anilines is 1. The first kappa shape index (κ1) is 24.8. The van der Waals surface area contributed by atoms with Gasteiger partial charge in [0.15, 0.2) is 5.16 Å². The van der Waals surface area contributed by atoms with Gasteiger partial charge in [0.05, 0.1) is 0 Å². The van der Waals surface area contributed by atoms with E-state index in [1.165, 1.54) is 18.8 Å². The Kier molecular flexibility index (Phi) is 7.69. The molecule has 0 saturated carbocycles. The summed E-state index contributed by atoms with van der Waals surface area (Å²) in [5, 5.41) is 7.24. The number of aromatic nitrogens is 5. The van der Waals surface area contributed by atoms with Crippen molar-refractivity contribution in [2.24, 2.45) is 7.05 Å². The molecule has 2 aromatic heterocycles. The molecular formula is C21H32F3N7S. The van der Waals surface area contributed by atoms with Crippen LogP contribution in [0.4, 0.5) is 19.0 Å². The summed E-state index contributed by atoms with van der Waals surface area (Å²) in [7, 11) is 1.35.